The first-order valence-electron chi connectivity index (χ1n) is 12.7. The first kappa shape index (κ1) is 32.2. The summed E-state index contributed by atoms with van der Waals surface area (Å²) in [7, 11) is 0. The Morgan fingerprint density at radius 2 is 1.83 bits per heavy atom. The third kappa shape index (κ3) is 9.26. The first-order valence-corrected chi connectivity index (χ1v) is 15.1. The molecule has 3 aromatic heterocycles. The Kier molecular flexibility index (Phi) is 15.8. The number of aliphatic hydroxyl groups excluding tert-OH is 1. The van der Waals surface area contributed by atoms with E-state index in [4.69, 9.17) is 4.42 Å². The van der Waals surface area contributed by atoms with Crippen LogP contribution in [-0.4, -0.2) is 42.5 Å². The fourth-order valence-electron chi connectivity index (χ4n) is 3.13. The van der Waals surface area contributed by atoms with Gasteiger partial charge in [-0.3, -0.25) is 0 Å². The maximum absolute atomic E-state index is 10.6. The predicted molar refractivity (Wildman–Crippen MR) is 156 cm³/mol. The van der Waals surface area contributed by atoms with Gasteiger partial charge in [0.15, 0.2) is 17.4 Å². The molecule has 0 spiro atoms. The molecule has 0 aromatic carbocycles. The molecule has 0 saturated carbocycles. The van der Waals surface area contributed by atoms with Crippen molar-refractivity contribution in [1.29, 1.82) is 0 Å². The minimum atomic E-state index is 0.137. The smallest absolute Gasteiger partial charge is 0.188 e. The molecule has 1 saturated heterocycles. The molecule has 36 heavy (non-hydrogen) atoms. The van der Waals surface area contributed by atoms with Crippen LogP contribution in [0.3, 0.4) is 0 Å². The molecule has 8 nitrogen and oxygen atoms in total. The Bertz CT molecular complexity index is 970. The van der Waals surface area contributed by atoms with Crippen LogP contribution < -0.4 is 10.6 Å². The van der Waals surface area contributed by atoms with Gasteiger partial charge in [0.1, 0.15) is 15.7 Å². The number of rotatable bonds is 8. The van der Waals surface area contributed by atoms with Crippen LogP contribution in [0.5, 0.6) is 5.75 Å². The molecule has 0 aliphatic carbocycles. The number of nitrogens with zero attached hydrogens (tertiary/aromatic N) is 3. The monoisotopic (exact) mass is 557 g/mol. The van der Waals surface area contributed by atoms with E-state index in [1.165, 1.54) is 29.7 Å². The molecule has 4 heterocycles. The minimum absolute atomic E-state index is 0.137. The first-order chi connectivity index (χ1) is 17.5. The highest BCUT2D eigenvalue weighted by molar-refractivity contribution is 7.99. The Balaban J connectivity index is 0.000000844. The normalized spacial score (nSPS) is 14.6. The Hall–Kier alpha value is -1.79. The number of hydrogen-bond donors (Lipinski definition) is 4. The number of nitrogens with one attached hydrogen (secondary N) is 2. The zero-order valence-corrected chi connectivity index (χ0v) is 25.3. The van der Waals surface area contributed by atoms with Crippen molar-refractivity contribution in [2.75, 3.05) is 23.8 Å². The summed E-state index contributed by atoms with van der Waals surface area (Å²) in [5.41, 5.74) is 1.71. The molecule has 1 fully saturated rings. The molecular weight excluding hydrogens is 515 g/mol. The van der Waals surface area contributed by atoms with Gasteiger partial charge in [0, 0.05) is 18.0 Å². The molecule has 1 unspecified atom stereocenters. The predicted octanol–water partition coefficient (Wildman–Crippen LogP) is 7.80. The van der Waals surface area contributed by atoms with E-state index in [-0.39, 0.29) is 18.4 Å². The van der Waals surface area contributed by atoms with Gasteiger partial charge in [-0.05, 0) is 50.3 Å². The number of furan rings is 1. The Morgan fingerprint density at radius 3 is 2.44 bits per heavy atom. The minimum Gasteiger partial charge on any atom is -0.504 e. The molecule has 11 heteroatoms. The van der Waals surface area contributed by atoms with Crippen molar-refractivity contribution < 1.29 is 14.6 Å². The number of thiophene rings is 1. The third-order valence-corrected chi connectivity index (χ3v) is 7.73. The fraction of sp³-hybridized carbons (Fsp3) is 0.600. The van der Waals surface area contributed by atoms with Gasteiger partial charge in [-0.2, -0.15) is 8.75 Å². The molecular formula is C25H43N5O3S3. The highest BCUT2D eigenvalue weighted by Crippen LogP contribution is 2.45. The molecule has 1 aliphatic heterocycles. The molecule has 0 amide bonds. The van der Waals surface area contributed by atoms with Crippen molar-refractivity contribution in [1.82, 2.24) is 13.1 Å². The van der Waals surface area contributed by atoms with Gasteiger partial charge in [-0.15, -0.1) is 11.3 Å². The highest BCUT2D eigenvalue weighted by Gasteiger charge is 2.27. The Labute approximate surface area is 229 Å². The second kappa shape index (κ2) is 17.6. The number of anilines is 3. The van der Waals surface area contributed by atoms with Crippen LogP contribution in [0.2, 0.25) is 0 Å². The van der Waals surface area contributed by atoms with Gasteiger partial charge in [0.2, 0.25) is 0 Å². The van der Waals surface area contributed by atoms with Crippen LogP contribution >= 0.6 is 35.0 Å². The molecule has 4 N–H and O–H groups in total. The van der Waals surface area contributed by atoms with E-state index >= 15 is 0 Å². The number of aromatic hydroxyl groups is 1. The van der Waals surface area contributed by atoms with Crippen molar-refractivity contribution in [3.8, 4) is 5.75 Å². The standard InChI is InChI=1S/C18H23N5O3S3.C3H8.2C2H6/c1-10-6-13(26-11(10)2)7-19-16-17(22-29-21-16)20-14-9-27-18(15(14)25)28-23-5-3-4-12(23)8-24;1-3-2;2*1-2/h6,9,12,24-25H,3-5,7-8H2,1-2H3,(H,19,21)(H,20,22);3H2,1-2H3;2*1-2H3. The second-order valence-electron chi connectivity index (χ2n) is 7.60. The lowest BCUT2D eigenvalue weighted by Crippen LogP contribution is -2.25. The molecule has 0 bridgehead atoms. The van der Waals surface area contributed by atoms with Crippen molar-refractivity contribution in [2.24, 2.45) is 0 Å². The van der Waals surface area contributed by atoms with E-state index in [0.717, 1.165) is 52.4 Å². The van der Waals surface area contributed by atoms with E-state index in [1.807, 2.05) is 53.0 Å². The van der Waals surface area contributed by atoms with Gasteiger partial charge in [0.25, 0.3) is 0 Å². The maximum atomic E-state index is 10.6. The Morgan fingerprint density at radius 1 is 1.17 bits per heavy atom. The molecule has 0 radical (unpaired) electrons. The SMILES string of the molecule is CC.CC.CCC.Cc1cc(CNc2nsnc2Nc2csc(SN3CCCC3CO)c2O)oc1C. The van der Waals surface area contributed by atoms with Crippen LogP contribution in [0.1, 0.15) is 77.9 Å². The van der Waals surface area contributed by atoms with Crippen LogP contribution in [0, 0.1) is 13.8 Å². The number of hydrogen-bond acceptors (Lipinski definition) is 11. The summed E-state index contributed by atoms with van der Waals surface area (Å²) in [6.07, 6.45) is 3.29. The van der Waals surface area contributed by atoms with Crippen LogP contribution in [-0.2, 0) is 6.54 Å². The van der Waals surface area contributed by atoms with Crippen LogP contribution in [0.15, 0.2) is 20.1 Å². The maximum Gasteiger partial charge on any atom is 0.188 e. The third-order valence-electron chi connectivity index (χ3n) is 4.85. The summed E-state index contributed by atoms with van der Waals surface area (Å²) < 4.78 is 17.2. The summed E-state index contributed by atoms with van der Waals surface area (Å²) >= 11 is 4.06. The van der Waals surface area contributed by atoms with Gasteiger partial charge >= 0.3 is 0 Å². The summed E-state index contributed by atoms with van der Waals surface area (Å²) in [4.78, 5) is 0. The van der Waals surface area contributed by atoms with E-state index in [1.54, 1.807) is 0 Å². The van der Waals surface area contributed by atoms with E-state index in [9.17, 15) is 10.2 Å². The number of aromatic nitrogens is 2. The highest BCUT2D eigenvalue weighted by atomic mass is 32.2. The van der Waals surface area contributed by atoms with E-state index in [0.29, 0.717) is 23.9 Å². The van der Waals surface area contributed by atoms with Crippen molar-refractivity contribution in [3.63, 3.8) is 0 Å². The van der Waals surface area contributed by atoms with E-state index < -0.39 is 0 Å². The van der Waals surface area contributed by atoms with Crippen molar-refractivity contribution in [2.45, 2.75) is 91.4 Å². The number of aliphatic hydroxyl groups is 1. The lowest BCUT2D eigenvalue weighted by molar-refractivity contribution is 0.221. The summed E-state index contributed by atoms with van der Waals surface area (Å²) in [6, 6.07) is 2.15. The average Bonchev–Trinajstić information content (AvgIpc) is 3.67. The van der Waals surface area contributed by atoms with Crippen LogP contribution in [0.25, 0.3) is 0 Å². The quantitative estimate of drug-likeness (QED) is 0.206. The molecule has 4 rings (SSSR count). The fourth-order valence-corrected chi connectivity index (χ4v) is 5.79. The lowest BCUT2D eigenvalue weighted by atomic mass is 10.2. The van der Waals surface area contributed by atoms with Crippen molar-refractivity contribution in [3.05, 3.63) is 28.5 Å². The summed E-state index contributed by atoms with van der Waals surface area (Å²) in [5, 5.41) is 28.4. The summed E-state index contributed by atoms with van der Waals surface area (Å²) in [5.74, 6) is 3.11. The largest absolute Gasteiger partial charge is 0.504 e. The lowest BCUT2D eigenvalue weighted by Gasteiger charge is -2.20. The zero-order valence-electron chi connectivity index (χ0n) is 22.8. The van der Waals surface area contributed by atoms with Gasteiger partial charge in [-0.1, -0.05) is 48.0 Å². The molecule has 1 aliphatic rings. The second-order valence-corrected chi connectivity index (χ2v) is 10.3. The number of aryl methyl sites for hydroxylation is 2. The average molecular weight is 558 g/mol. The molecule has 204 valence electrons. The zero-order chi connectivity index (χ0) is 27.1. The van der Waals surface area contributed by atoms with Crippen molar-refractivity contribution >= 4 is 52.3 Å². The van der Waals surface area contributed by atoms with E-state index in [2.05, 4.69) is 37.5 Å². The van der Waals surface area contributed by atoms with Crippen LogP contribution in [0.4, 0.5) is 17.3 Å². The van der Waals surface area contributed by atoms with Gasteiger partial charge in [-0.25, -0.2) is 4.31 Å². The topological polar surface area (TPSA) is 107 Å². The van der Waals surface area contributed by atoms with Gasteiger partial charge in [0.05, 0.1) is 30.6 Å². The molecule has 3 aromatic rings. The molecule has 1 atom stereocenters. The van der Waals surface area contributed by atoms with Gasteiger partial charge < -0.3 is 25.3 Å². The summed E-state index contributed by atoms with van der Waals surface area (Å²) in [6.45, 7) is 17.8.